The number of hydrogen-bond acceptors (Lipinski definition) is 8. The number of amides is 1. The number of thiazole rings is 1. The zero-order valence-electron chi connectivity index (χ0n) is 15.2. The SMILES string of the molecule is O=C(CSc1cc(N2CCN(c3ccccc3)CC2)ncn1)Nc1nccs1. The summed E-state index contributed by atoms with van der Waals surface area (Å²) in [6, 6.07) is 12.4. The summed E-state index contributed by atoms with van der Waals surface area (Å²) in [5.41, 5.74) is 1.26. The highest BCUT2D eigenvalue weighted by Crippen LogP contribution is 2.23. The smallest absolute Gasteiger partial charge is 0.236 e. The van der Waals surface area contributed by atoms with Gasteiger partial charge in [-0.15, -0.1) is 11.3 Å². The Balaban J connectivity index is 1.31. The van der Waals surface area contributed by atoms with Crippen LogP contribution in [0.3, 0.4) is 0 Å². The molecule has 1 amide bonds. The number of rotatable bonds is 6. The lowest BCUT2D eigenvalue weighted by Crippen LogP contribution is -2.46. The first-order valence-electron chi connectivity index (χ1n) is 8.97. The summed E-state index contributed by atoms with van der Waals surface area (Å²) in [5.74, 6) is 1.11. The Labute approximate surface area is 171 Å². The van der Waals surface area contributed by atoms with Gasteiger partial charge in [0.15, 0.2) is 5.13 Å². The molecule has 0 atom stereocenters. The van der Waals surface area contributed by atoms with Gasteiger partial charge >= 0.3 is 0 Å². The molecule has 0 radical (unpaired) electrons. The maximum absolute atomic E-state index is 12.0. The maximum atomic E-state index is 12.0. The average molecular weight is 413 g/mol. The normalized spacial score (nSPS) is 14.1. The lowest BCUT2D eigenvalue weighted by Gasteiger charge is -2.36. The molecule has 4 rings (SSSR count). The van der Waals surface area contributed by atoms with E-state index in [1.807, 2.05) is 17.5 Å². The summed E-state index contributed by atoms with van der Waals surface area (Å²) in [4.78, 5) is 29.4. The molecule has 1 aliphatic heterocycles. The van der Waals surface area contributed by atoms with E-state index in [-0.39, 0.29) is 11.7 Å². The molecule has 9 heteroatoms. The van der Waals surface area contributed by atoms with Crippen LogP contribution in [-0.2, 0) is 4.79 Å². The summed E-state index contributed by atoms with van der Waals surface area (Å²) in [6.45, 7) is 3.71. The Hall–Kier alpha value is -2.65. The highest BCUT2D eigenvalue weighted by atomic mass is 32.2. The molecular weight excluding hydrogens is 392 g/mol. The summed E-state index contributed by atoms with van der Waals surface area (Å²) < 4.78 is 0. The molecule has 3 heterocycles. The molecule has 1 aliphatic rings. The third-order valence-corrected chi connectivity index (χ3v) is 6.00. The minimum atomic E-state index is -0.0865. The van der Waals surface area contributed by atoms with Gasteiger partial charge in [-0.2, -0.15) is 0 Å². The van der Waals surface area contributed by atoms with Crippen molar-refractivity contribution < 1.29 is 4.79 Å². The molecule has 1 N–H and O–H groups in total. The van der Waals surface area contributed by atoms with Gasteiger partial charge < -0.3 is 15.1 Å². The van der Waals surface area contributed by atoms with Crippen LogP contribution in [0.1, 0.15) is 0 Å². The molecule has 0 spiro atoms. The van der Waals surface area contributed by atoms with Crippen molar-refractivity contribution in [2.45, 2.75) is 5.03 Å². The third kappa shape index (κ3) is 4.79. The number of benzene rings is 1. The number of nitrogens with zero attached hydrogens (tertiary/aromatic N) is 5. The molecule has 0 unspecified atom stereocenters. The number of carbonyl (C=O) groups is 1. The van der Waals surface area contributed by atoms with Gasteiger partial charge in [0, 0.05) is 49.5 Å². The third-order valence-electron chi connectivity index (χ3n) is 4.38. The molecule has 1 saturated heterocycles. The van der Waals surface area contributed by atoms with Gasteiger partial charge in [-0.1, -0.05) is 30.0 Å². The zero-order valence-corrected chi connectivity index (χ0v) is 16.8. The fourth-order valence-corrected chi connectivity index (χ4v) is 4.20. The maximum Gasteiger partial charge on any atom is 0.236 e. The van der Waals surface area contributed by atoms with Gasteiger partial charge in [-0.05, 0) is 12.1 Å². The standard InChI is InChI=1S/C19H20N6OS2/c26-17(23-19-20-6-11-27-19)13-28-18-12-16(21-14-22-18)25-9-7-24(8-10-25)15-4-2-1-3-5-15/h1-6,11-12,14H,7-10,13H2,(H,20,23,26). The predicted octanol–water partition coefficient (Wildman–Crippen LogP) is 2.99. The molecule has 0 bridgehead atoms. The van der Waals surface area contributed by atoms with Crippen molar-refractivity contribution in [3.63, 3.8) is 0 Å². The van der Waals surface area contributed by atoms with Gasteiger partial charge in [0.1, 0.15) is 17.2 Å². The van der Waals surface area contributed by atoms with E-state index >= 15 is 0 Å². The lowest BCUT2D eigenvalue weighted by atomic mass is 10.2. The van der Waals surface area contributed by atoms with Crippen molar-refractivity contribution in [1.29, 1.82) is 0 Å². The number of thioether (sulfide) groups is 1. The fraction of sp³-hybridized carbons (Fsp3) is 0.263. The van der Waals surface area contributed by atoms with Crippen LogP contribution in [0.25, 0.3) is 0 Å². The Morgan fingerprint density at radius 2 is 1.86 bits per heavy atom. The van der Waals surface area contributed by atoms with E-state index in [0.29, 0.717) is 5.13 Å². The Bertz CT molecular complexity index is 898. The first-order valence-corrected chi connectivity index (χ1v) is 10.8. The summed E-state index contributed by atoms with van der Waals surface area (Å²) >= 11 is 2.81. The number of nitrogens with one attached hydrogen (secondary N) is 1. The van der Waals surface area contributed by atoms with Crippen LogP contribution in [0, 0.1) is 0 Å². The van der Waals surface area contributed by atoms with Crippen molar-refractivity contribution >= 4 is 45.6 Å². The van der Waals surface area contributed by atoms with Crippen molar-refractivity contribution in [3.8, 4) is 0 Å². The number of aromatic nitrogens is 3. The van der Waals surface area contributed by atoms with Crippen LogP contribution in [0.5, 0.6) is 0 Å². The largest absolute Gasteiger partial charge is 0.368 e. The average Bonchev–Trinajstić information content (AvgIpc) is 3.26. The second kappa shape index (κ2) is 9.03. The van der Waals surface area contributed by atoms with E-state index in [4.69, 9.17) is 0 Å². The van der Waals surface area contributed by atoms with Crippen LogP contribution in [-0.4, -0.2) is 52.8 Å². The first kappa shape index (κ1) is 18.7. The summed E-state index contributed by atoms with van der Waals surface area (Å²) in [6.07, 6.45) is 3.24. The minimum Gasteiger partial charge on any atom is -0.368 e. The molecule has 7 nitrogen and oxygen atoms in total. The van der Waals surface area contributed by atoms with Crippen LogP contribution in [0.2, 0.25) is 0 Å². The number of anilines is 3. The van der Waals surface area contributed by atoms with Crippen molar-refractivity contribution in [2.75, 3.05) is 47.0 Å². The zero-order chi connectivity index (χ0) is 19.2. The quantitative estimate of drug-likeness (QED) is 0.493. The second-order valence-electron chi connectivity index (χ2n) is 6.20. The molecule has 144 valence electrons. The number of hydrogen-bond donors (Lipinski definition) is 1. The van der Waals surface area contributed by atoms with Gasteiger partial charge in [0.2, 0.25) is 5.91 Å². The highest BCUT2D eigenvalue weighted by molar-refractivity contribution is 7.99. The first-order chi connectivity index (χ1) is 13.8. The van der Waals surface area contributed by atoms with Crippen LogP contribution in [0.15, 0.2) is 59.3 Å². The monoisotopic (exact) mass is 412 g/mol. The Morgan fingerprint density at radius 1 is 1.07 bits per heavy atom. The van der Waals surface area contributed by atoms with E-state index in [0.717, 1.165) is 37.0 Å². The summed E-state index contributed by atoms with van der Waals surface area (Å²) in [5, 5.41) is 6.02. The van der Waals surface area contributed by atoms with Crippen LogP contribution in [0.4, 0.5) is 16.6 Å². The van der Waals surface area contributed by atoms with E-state index in [1.54, 1.807) is 12.5 Å². The molecule has 1 aromatic carbocycles. The number of para-hydroxylation sites is 1. The van der Waals surface area contributed by atoms with E-state index in [1.165, 1.54) is 28.8 Å². The predicted molar refractivity (Wildman–Crippen MR) is 114 cm³/mol. The number of carbonyl (C=O) groups excluding carboxylic acids is 1. The van der Waals surface area contributed by atoms with E-state index < -0.39 is 0 Å². The van der Waals surface area contributed by atoms with Crippen molar-refractivity contribution in [2.24, 2.45) is 0 Å². The fourth-order valence-electron chi connectivity index (χ4n) is 2.99. The van der Waals surface area contributed by atoms with E-state index in [9.17, 15) is 4.79 Å². The van der Waals surface area contributed by atoms with E-state index in [2.05, 4.69) is 54.3 Å². The topological polar surface area (TPSA) is 74.2 Å². The lowest BCUT2D eigenvalue weighted by molar-refractivity contribution is -0.113. The molecule has 3 aromatic rings. The molecule has 28 heavy (non-hydrogen) atoms. The van der Waals surface area contributed by atoms with Crippen molar-refractivity contribution in [3.05, 3.63) is 54.3 Å². The van der Waals surface area contributed by atoms with Gasteiger partial charge in [-0.25, -0.2) is 15.0 Å². The second-order valence-corrected chi connectivity index (χ2v) is 8.09. The molecule has 1 fully saturated rings. The number of piperazine rings is 1. The molecule has 0 aliphatic carbocycles. The Morgan fingerprint density at radius 3 is 2.61 bits per heavy atom. The highest BCUT2D eigenvalue weighted by Gasteiger charge is 2.19. The van der Waals surface area contributed by atoms with Gasteiger partial charge in [0.25, 0.3) is 0 Å². The molecule has 2 aromatic heterocycles. The molecule has 0 saturated carbocycles. The minimum absolute atomic E-state index is 0.0865. The van der Waals surface area contributed by atoms with Gasteiger partial charge in [0.05, 0.1) is 5.75 Å². The van der Waals surface area contributed by atoms with Crippen LogP contribution < -0.4 is 15.1 Å². The Kier molecular flexibility index (Phi) is 6.03. The van der Waals surface area contributed by atoms with Crippen LogP contribution >= 0.6 is 23.1 Å². The van der Waals surface area contributed by atoms with Crippen molar-refractivity contribution in [1.82, 2.24) is 15.0 Å². The summed E-state index contributed by atoms with van der Waals surface area (Å²) in [7, 11) is 0. The van der Waals surface area contributed by atoms with Gasteiger partial charge in [-0.3, -0.25) is 4.79 Å². The molecular formula is C19H20N6OS2.